The van der Waals surface area contributed by atoms with E-state index in [9.17, 15) is 5.11 Å². The molecule has 6 heteroatoms. The Morgan fingerprint density at radius 2 is 2.12 bits per heavy atom. The molecular weight excluding hydrogens is 326 g/mol. The molecule has 0 bridgehead atoms. The van der Waals surface area contributed by atoms with Gasteiger partial charge in [0.15, 0.2) is 5.65 Å². The van der Waals surface area contributed by atoms with Crippen LogP contribution in [0.3, 0.4) is 0 Å². The van der Waals surface area contributed by atoms with E-state index in [1.807, 2.05) is 18.3 Å². The number of anilines is 1. The minimum atomic E-state index is -0.243. The van der Waals surface area contributed by atoms with Gasteiger partial charge in [-0.25, -0.2) is 4.98 Å². The number of β-amino-alcohol motifs (C(OH)–C–C–N with tert-alkyl or cyclic N) is 1. The number of aromatic nitrogens is 4. The lowest BCUT2D eigenvalue weighted by molar-refractivity contribution is 0.198. The van der Waals surface area contributed by atoms with Crippen LogP contribution in [0.15, 0.2) is 48.7 Å². The van der Waals surface area contributed by atoms with Gasteiger partial charge in [0, 0.05) is 31.7 Å². The first-order valence-corrected chi connectivity index (χ1v) is 8.98. The van der Waals surface area contributed by atoms with E-state index in [1.165, 1.54) is 5.56 Å². The maximum Gasteiger partial charge on any atom is 0.175 e. The summed E-state index contributed by atoms with van der Waals surface area (Å²) in [6.07, 6.45) is 2.39. The Morgan fingerprint density at radius 1 is 1.19 bits per heavy atom. The number of hydrogen-bond acceptors (Lipinski definition) is 4. The second-order valence-electron chi connectivity index (χ2n) is 7.01. The summed E-state index contributed by atoms with van der Waals surface area (Å²) in [5.74, 6) is 0.945. The molecule has 132 valence electrons. The summed E-state index contributed by atoms with van der Waals surface area (Å²) >= 11 is 0. The van der Waals surface area contributed by atoms with Gasteiger partial charge >= 0.3 is 0 Å². The van der Waals surface area contributed by atoms with E-state index in [2.05, 4.69) is 56.6 Å². The molecule has 1 unspecified atom stereocenters. The summed E-state index contributed by atoms with van der Waals surface area (Å²) in [7, 11) is 2.06. The van der Waals surface area contributed by atoms with Gasteiger partial charge < -0.3 is 10.0 Å². The van der Waals surface area contributed by atoms with Crippen molar-refractivity contribution in [3.8, 4) is 0 Å². The van der Waals surface area contributed by atoms with Crippen LogP contribution in [0.1, 0.15) is 12.0 Å². The number of benzene rings is 1. The summed E-state index contributed by atoms with van der Waals surface area (Å²) in [6, 6.07) is 14.6. The smallest absolute Gasteiger partial charge is 0.175 e. The predicted octanol–water partition coefficient (Wildman–Crippen LogP) is 2.54. The highest BCUT2D eigenvalue weighted by Gasteiger charge is 2.23. The molecule has 1 fully saturated rings. The zero-order valence-corrected chi connectivity index (χ0v) is 14.7. The average Bonchev–Trinajstić information content (AvgIpc) is 3.11. The molecule has 5 rings (SSSR count). The molecule has 1 aromatic carbocycles. The van der Waals surface area contributed by atoms with E-state index >= 15 is 0 Å². The number of aryl methyl sites for hydroxylation is 1. The largest absolute Gasteiger partial charge is 0.391 e. The molecule has 1 N–H and O–H groups in total. The van der Waals surface area contributed by atoms with E-state index < -0.39 is 0 Å². The number of nitrogens with zero attached hydrogens (tertiary/aromatic N) is 5. The third-order valence-corrected chi connectivity index (χ3v) is 5.28. The molecule has 1 aliphatic heterocycles. The fourth-order valence-electron chi connectivity index (χ4n) is 3.80. The molecule has 6 nitrogen and oxygen atoms in total. The molecule has 3 aromatic heterocycles. The summed E-state index contributed by atoms with van der Waals surface area (Å²) in [5.41, 5.74) is 4.38. The minimum Gasteiger partial charge on any atom is -0.391 e. The monoisotopic (exact) mass is 347 g/mol. The molecule has 4 heterocycles. The summed E-state index contributed by atoms with van der Waals surface area (Å²) < 4.78 is 4.32. The van der Waals surface area contributed by atoms with Crippen molar-refractivity contribution in [2.45, 2.75) is 19.1 Å². The standard InChI is InChI=1S/C20H21N5O/c1-23-18-6-7-19(24-10-8-16(26)13-24)22-20(18)25(23)12-14-4-5-17-15(11-14)3-2-9-21-17/h2-7,9,11,16,26H,8,10,12-13H2,1H3. The van der Waals surface area contributed by atoms with Crippen LogP contribution in [0.5, 0.6) is 0 Å². The fourth-order valence-corrected chi connectivity index (χ4v) is 3.80. The third-order valence-electron chi connectivity index (χ3n) is 5.28. The van der Waals surface area contributed by atoms with Gasteiger partial charge in [-0.1, -0.05) is 12.1 Å². The Morgan fingerprint density at radius 3 is 2.96 bits per heavy atom. The molecule has 1 atom stereocenters. The summed E-state index contributed by atoms with van der Waals surface area (Å²) in [4.78, 5) is 11.4. The normalized spacial score (nSPS) is 17.6. The van der Waals surface area contributed by atoms with E-state index in [4.69, 9.17) is 4.98 Å². The Labute approximate surface area is 151 Å². The molecule has 26 heavy (non-hydrogen) atoms. The molecule has 0 radical (unpaired) electrons. The predicted molar refractivity (Wildman–Crippen MR) is 102 cm³/mol. The first-order valence-electron chi connectivity index (χ1n) is 8.98. The van der Waals surface area contributed by atoms with Crippen molar-refractivity contribution in [1.82, 2.24) is 19.3 Å². The highest BCUT2D eigenvalue weighted by atomic mass is 16.3. The molecule has 0 amide bonds. The van der Waals surface area contributed by atoms with Crippen molar-refractivity contribution in [3.05, 3.63) is 54.2 Å². The van der Waals surface area contributed by atoms with Gasteiger partial charge in [-0.2, -0.15) is 0 Å². The van der Waals surface area contributed by atoms with Crippen molar-refractivity contribution < 1.29 is 5.11 Å². The number of pyridine rings is 2. The van der Waals surface area contributed by atoms with Crippen LogP contribution in [0.2, 0.25) is 0 Å². The lowest BCUT2D eigenvalue weighted by atomic mass is 10.1. The first-order chi connectivity index (χ1) is 12.7. The topological polar surface area (TPSA) is 59.1 Å². The number of hydrogen-bond donors (Lipinski definition) is 1. The van der Waals surface area contributed by atoms with Crippen LogP contribution in [-0.4, -0.2) is 43.6 Å². The molecule has 4 aromatic rings. The Balaban J connectivity index is 1.48. The van der Waals surface area contributed by atoms with Crippen LogP contribution in [-0.2, 0) is 13.6 Å². The number of fused-ring (bicyclic) bond motifs is 2. The van der Waals surface area contributed by atoms with Crippen LogP contribution >= 0.6 is 0 Å². The van der Waals surface area contributed by atoms with Crippen molar-refractivity contribution in [1.29, 1.82) is 0 Å². The average molecular weight is 347 g/mol. The van der Waals surface area contributed by atoms with Gasteiger partial charge in [-0.15, -0.1) is 0 Å². The molecule has 0 spiro atoms. The first kappa shape index (κ1) is 15.4. The Kier molecular flexibility index (Phi) is 3.46. The summed E-state index contributed by atoms with van der Waals surface area (Å²) in [6.45, 7) is 2.30. The van der Waals surface area contributed by atoms with E-state index in [0.29, 0.717) is 6.54 Å². The zero-order valence-electron chi connectivity index (χ0n) is 14.7. The molecule has 1 aliphatic rings. The SMILES string of the molecule is Cn1c2ccc(N3CCC(O)C3)nc2n1Cc1ccc2ncccc2c1. The molecular formula is C20H21N5O. The third kappa shape index (κ3) is 2.45. The zero-order chi connectivity index (χ0) is 17.7. The van der Waals surface area contributed by atoms with Crippen LogP contribution in [0.25, 0.3) is 22.1 Å². The minimum absolute atomic E-state index is 0.243. The van der Waals surface area contributed by atoms with Gasteiger partial charge in [0.2, 0.25) is 0 Å². The van der Waals surface area contributed by atoms with Gasteiger partial charge in [0.05, 0.1) is 18.2 Å². The van der Waals surface area contributed by atoms with Gasteiger partial charge in [0.25, 0.3) is 0 Å². The van der Waals surface area contributed by atoms with Crippen LogP contribution in [0, 0.1) is 0 Å². The highest BCUT2D eigenvalue weighted by Crippen LogP contribution is 2.25. The fraction of sp³-hybridized carbons (Fsp3) is 0.300. The Bertz CT molecular complexity index is 1100. The molecule has 0 saturated carbocycles. The second kappa shape index (κ2) is 5.85. The van der Waals surface area contributed by atoms with Gasteiger partial charge in [-0.3, -0.25) is 14.3 Å². The van der Waals surface area contributed by atoms with E-state index in [0.717, 1.165) is 47.4 Å². The maximum absolute atomic E-state index is 9.78. The molecule has 1 saturated heterocycles. The number of rotatable bonds is 3. The van der Waals surface area contributed by atoms with E-state index in [1.54, 1.807) is 0 Å². The second-order valence-corrected chi connectivity index (χ2v) is 7.01. The van der Waals surface area contributed by atoms with Crippen molar-refractivity contribution >= 4 is 27.9 Å². The van der Waals surface area contributed by atoms with Crippen molar-refractivity contribution in [2.75, 3.05) is 18.0 Å². The number of aliphatic hydroxyl groups is 1. The van der Waals surface area contributed by atoms with Crippen molar-refractivity contribution in [3.63, 3.8) is 0 Å². The van der Waals surface area contributed by atoms with E-state index in [-0.39, 0.29) is 6.10 Å². The van der Waals surface area contributed by atoms with Crippen molar-refractivity contribution in [2.24, 2.45) is 7.05 Å². The molecule has 0 aliphatic carbocycles. The van der Waals surface area contributed by atoms with Gasteiger partial charge in [-0.05, 0) is 42.3 Å². The highest BCUT2D eigenvalue weighted by molar-refractivity contribution is 5.79. The lowest BCUT2D eigenvalue weighted by Gasteiger charge is -2.25. The van der Waals surface area contributed by atoms with Crippen LogP contribution < -0.4 is 4.90 Å². The number of aliphatic hydroxyl groups excluding tert-OH is 1. The Hall–Kier alpha value is -2.86. The van der Waals surface area contributed by atoms with Gasteiger partial charge in [0.1, 0.15) is 11.3 Å². The van der Waals surface area contributed by atoms with Crippen LogP contribution in [0.4, 0.5) is 5.82 Å². The maximum atomic E-state index is 9.78. The summed E-state index contributed by atoms with van der Waals surface area (Å²) in [5, 5.41) is 10.9. The lowest BCUT2D eigenvalue weighted by Crippen LogP contribution is -2.26. The quantitative estimate of drug-likeness (QED) is 0.619.